The van der Waals surface area contributed by atoms with E-state index >= 15 is 0 Å². The summed E-state index contributed by atoms with van der Waals surface area (Å²) in [5, 5.41) is 0. The zero-order chi connectivity index (χ0) is 12.4. The first kappa shape index (κ1) is 10.7. The summed E-state index contributed by atoms with van der Waals surface area (Å²) >= 11 is 0. The normalized spacial score (nSPS) is 38.3. The number of nitrogens with zero attached hydrogens (tertiary/aromatic N) is 1. The van der Waals surface area contributed by atoms with Crippen LogP contribution in [0.3, 0.4) is 0 Å². The largest absolute Gasteiger partial charge is 0.467 e. The predicted molar refractivity (Wildman–Crippen MR) is 67.0 cm³/mol. The third-order valence-corrected chi connectivity index (χ3v) is 5.55. The average Bonchev–Trinajstić information content (AvgIpc) is 2.89. The highest BCUT2D eigenvalue weighted by atomic mass is 16.3. The number of rotatable bonds is 0. The van der Waals surface area contributed by atoms with Gasteiger partial charge in [-0.15, -0.1) is 0 Å². The van der Waals surface area contributed by atoms with Crippen LogP contribution in [0.1, 0.15) is 50.4 Å². The lowest BCUT2D eigenvalue weighted by atomic mass is 9.60. The molecule has 0 N–H and O–H groups in total. The third kappa shape index (κ3) is 1.00. The van der Waals surface area contributed by atoms with Gasteiger partial charge in [0.1, 0.15) is 11.3 Å². The van der Waals surface area contributed by atoms with E-state index in [4.69, 9.17) is 4.42 Å². The van der Waals surface area contributed by atoms with E-state index in [9.17, 15) is 4.79 Å². The average molecular weight is 245 g/mol. The van der Waals surface area contributed by atoms with Crippen molar-refractivity contribution in [1.29, 1.82) is 0 Å². The molecule has 3 aliphatic rings. The van der Waals surface area contributed by atoms with Crippen LogP contribution >= 0.6 is 0 Å². The van der Waals surface area contributed by atoms with E-state index in [1.165, 1.54) is 18.4 Å². The molecule has 1 aliphatic carbocycles. The van der Waals surface area contributed by atoms with Gasteiger partial charge in [-0.05, 0) is 30.9 Å². The maximum atomic E-state index is 12.4. The number of hydrogen-bond acceptors (Lipinski definition) is 2. The van der Waals surface area contributed by atoms with E-state index in [0.29, 0.717) is 12.3 Å². The molecule has 3 nitrogen and oxygen atoms in total. The highest BCUT2D eigenvalue weighted by Crippen LogP contribution is 2.62. The minimum Gasteiger partial charge on any atom is -0.467 e. The van der Waals surface area contributed by atoms with Crippen LogP contribution in [0, 0.1) is 5.41 Å². The van der Waals surface area contributed by atoms with Crippen molar-refractivity contribution in [3.8, 4) is 0 Å². The molecular formula is C15H19NO2. The molecule has 2 aliphatic heterocycles. The van der Waals surface area contributed by atoms with E-state index in [0.717, 1.165) is 31.6 Å². The Morgan fingerprint density at radius 2 is 2.17 bits per heavy atom. The second-order valence-corrected chi connectivity index (χ2v) is 6.38. The molecule has 0 aromatic carbocycles. The summed E-state index contributed by atoms with van der Waals surface area (Å²) in [4.78, 5) is 14.5. The zero-order valence-electron chi connectivity index (χ0n) is 10.9. The molecule has 2 atom stereocenters. The molecule has 1 aromatic heterocycles. The van der Waals surface area contributed by atoms with Crippen LogP contribution < -0.4 is 0 Å². The van der Waals surface area contributed by atoms with Crippen molar-refractivity contribution in [2.24, 2.45) is 5.41 Å². The quantitative estimate of drug-likeness (QED) is 0.704. The van der Waals surface area contributed by atoms with Crippen molar-refractivity contribution in [1.82, 2.24) is 4.90 Å². The fraction of sp³-hybridized carbons (Fsp3) is 0.667. The number of hydrogen-bond donors (Lipinski definition) is 0. The predicted octanol–water partition coefficient (Wildman–Crippen LogP) is 2.84. The highest BCUT2D eigenvalue weighted by molar-refractivity contribution is 5.82. The number of amides is 1. The lowest BCUT2D eigenvalue weighted by Crippen LogP contribution is -2.55. The van der Waals surface area contributed by atoms with Gasteiger partial charge in [-0.2, -0.15) is 0 Å². The van der Waals surface area contributed by atoms with E-state index in [1.54, 1.807) is 6.26 Å². The molecule has 1 saturated carbocycles. The topological polar surface area (TPSA) is 33.5 Å². The number of fused-ring (bicyclic) bond motifs is 1. The lowest BCUT2D eigenvalue weighted by Gasteiger charge is -2.51. The van der Waals surface area contributed by atoms with Crippen molar-refractivity contribution in [2.75, 3.05) is 6.54 Å². The van der Waals surface area contributed by atoms with Gasteiger partial charge < -0.3 is 9.32 Å². The summed E-state index contributed by atoms with van der Waals surface area (Å²) in [6.07, 6.45) is 8.14. The van der Waals surface area contributed by atoms with Crippen molar-refractivity contribution in [2.45, 2.75) is 51.0 Å². The lowest BCUT2D eigenvalue weighted by molar-refractivity contribution is -0.134. The summed E-state index contributed by atoms with van der Waals surface area (Å²) < 4.78 is 5.85. The molecule has 0 bridgehead atoms. The molecule has 96 valence electrons. The summed E-state index contributed by atoms with van der Waals surface area (Å²) in [5.41, 5.74) is 1.28. The maximum absolute atomic E-state index is 12.4. The zero-order valence-corrected chi connectivity index (χ0v) is 10.9. The Kier molecular flexibility index (Phi) is 1.89. The maximum Gasteiger partial charge on any atom is 0.224 e. The third-order valence-electron chi connectivity index (χ3n) is 5.55. The van der Waals surface area contributed by atoms with Crippen LogP contribution in [0.5, 0.6) is 0 Å². The van der Waals surface area contributed by atoms with Crippen molar-refractivity contribution in [3.05, 3.63) is 23.7 Å². The van der Waals surface area contributed by atoms with Gasteiger partial charge in [-0.25, -0.2) is 0 Å². The van der Waals surface area contributed by atoms with Gasteiger partial charge in [0.15, 0.2) is 0 Å². The summed E-state index contributed by atoms with van der Waals surface area (Å²) in [6, 6.07) is 2.10. The first-order chi connectivity index (χ1) is 8.67. The van der Waals surface area contributed by atoms with Crippen molar-refractivity contribution in [3.63, 3.8) is 0 Å². The van der Waals surface area contributed by atoms with Gasteiger partial charge in [0, 0.05) is 18.4 Å². The SMILES string of the molecule is C[C@@]12CCCC[C@]13c1occc1CCN3C(=O)C2. The fourth-order valence-corrected chi connectivity index (χ4v) is 4.70. The molecule has 1 aromatic rings. The van der Waals surface area contributed by atoms with Crippen molar-refractivity contribution >= 4 is 5.91 Å². The Morgan fingerprint density at radius 1 is 1.33 bits per heavy atom. The smallest absolute Gasteiger partial charge is 0.224 e. The summed E-state index contributed by atoms with van der Waals surface area (Å²) in [5.74, 6) is 1.43. The monoisotopic (exact) mass is 245 g/mol. The molecule has 2 fully saturated rings. The first-order valence-electron chi connectivity index (χ1n) is 7.05. The van der Waals surface area contributed by atoms with Crippen LogP contribution in [-0.4, -0.2) is 17.4 Å². The Labute approximate surface area is 107 Å². The molecule has 4 rings (SSSR count). The number of carbonyl (C=O) groups is 1. The van der Waals surface area contributed by atoms with Crippen LogP contribution in [-0.2, 0) is 16.8 Å². The number of carbonyl (C=O) groups excluding carboxylic acids is 1. The molecule has 0 radical (unpaired) electrons. The van der Waals surface area contributed by atoms with E-state index in [2.05, 4.69) is 17.9 Å². The molecule has 18 heavy (non-hydrogen) atoms. The minimum atomic E-state index is -0.126. The van der Waals surface area contributed by atoms with Gasteiger partial charge in [0.05, 0.1) is 6.26 Å². The Hall–Kier alpha value is -1.25. The van der Waals surface area contributed by atoms with Crippen LogP contribution in [0.25, 0.3) is 0 Å². The summed E-state index contributed by atoms with van der Waals surface area (Å²) in [6.45, 7) is 3.17. The van der Waals surface area contributed by atoms with Crippen LogP contribution in [0.2, 0.25) is 0 Å². The second-order valence-electron chi connectivity index (χ2n) is 6.38. The number of furan rings is 1. The molecular weight excluding hydrogens is 226 g/mol. The second kappa shape index (κ2) is 3.19. The molecule has 1 spiro atoms. The van der Waals surface area contributed by atoms with Gasteiger partial charge in [0.25, 0.3) is 0 Å². The van der Waals surface area contributed by atoms with Crippen molar-refractivity contribution < 1.29 is 9.21 Å². The van der Waals surface area contributed by atoms with Crippen LogP contribution in [0.15, 0.2) is 16.7 Å². The Balaban J connectivity index is 1.98. The van der Waals surface area contributed by atoms with E-state index in [1.807, 2.05) is 0 Å². The standard InChI is InChI=1S/C15H19NO2/c1-14-6-2-3-7-15(14)13-11(5-9-18-13)4-8-16(15)12(17)10-14/h5,9H,2-4,6-8,10H2,1H3/t14-,15-/m0/s1. The highest BCUT2D eigenvalue weighted by Gasteiger charge is 2.64. The van der Waals surface area contributed by atoms with E-state index < -0.39 is 0 Å². The molecule has 0 unspecified atom stereocenters. The van der Waals surface area contributed by atoms with Gasteiger partial charge in [0.2, 0.25) is 5.91 Å². The first-order valence-corrected chi connectivity index (χ1v) is 7.05. The van der Waals surface area contributed by atoms with Gasteiger partial charge >= 0.3 is 0 Å². The molecule has 3 heteroatoms. The molecule has 1 amide bonds. The Morgan fingerprint density at radius 3 is 3.06 bits per heavy atom. The van der Waals surface area contributed by atoms with E-state index in [-0.39, 0.29) is 11.0 Å². The van der Waals surface area contributed by atoms with Gasteiger partial charge in [-0.1, -0.05) is 19.8 Å². The van der Waals surface area contributed by atoms with Gasteiger partial charge in [-0.3, -0.25) is 4.79 Å². The fourth-order valence-electron chi connectivity index (χ4n) is 4.70. The molecule has 1 saturated heterocycles. The Bertz CT molecular complexity index is 520. The molecule has 3 heterocycles. The minimum absolute atomic E-state index is 0.0787. The summed E-state index contributed by atoms with van der Waals surface area (Å²) in [7, 11) is 0. The van der Waals surface area contributed by atoms with Crippen LogP contribution in [0.4, 0.5) is 0 Å².